The number of sulfone groups is 1. The van der Waals surface area contributed by atoms with Crippen molar-refractivity contribution in [3.63, 3.8) is 0 Å². The molecule has 1 rings (SSSR count). The van der Waals surface area contributed by atoms with E-state index in [0.29, 0.717) is 32.0 Å². The topological polar surface area (TPSA) is 71.0 Å². The number of alkyl halides is 3. The smallest absolute Gasteiger partial charge is 0.372 e. The van der Waals surface area contributed by atoms with Crippen molar-refractivity contribution >= 4 is 15.8 Å². The first-order valence-corrected chi connectivity index (χ1v) is 8.96. The number of ether oxygens (including phenoxy) is 1. The van der Waals surface area contributed by atoms with Crippen molar-refractivity contribution in [3.8, 4) is 0 Å². The number of nitrogens with zero attached hydrogens (tertiary/aromatic N) is 2. The summed E-state index contributed by atoms with van der Waals surface area (Å²) < 4.78 is 63.3. The molecule has 1 aliphatic rings. The molecule has 0 aromatic heterocycles. The third-order valence-electron chi connectivity index (χ3n) is 3.57. The Morgan fingerprint density at radius 2 is 2.04 bits per heavy atom. The number of hydrogen-bond acceptors (Lipinski definition) is 4. The molecule has 0 atom stereocenters. The molecule has 1 saturated heterocycles. The predicted molar refractivity (Wildman–Crippen MR) is 82.3 cm³/mol. The average Bonchev–Trinajstić information content (AvgIpc) is 2.40. The Hall–Kier alpha value is -1.03. The lowest BCUT2D eigenvalue weighted by molar-refractivity contribution is -0.173. The van der Waals surface area contributed by atoms with Gasteiger partial charge in [0.1, 0.15) is 6.61 Å². The standard InChI is InChI=1S/C13H24F3N3O3S/c1-12(2)9-19(6-8-23(12,20)21)11(17-3)18-5-4-7-22-10-13(14,15)16/h4-10H2,1-3H3,(H,17,18). The van der Waals surface area contributed by atoms with Crippen molar-refractivity contribution in [3.05, 3.63) is 0 Å². The summed E-state index contributed by atoms with van der Waals surface area (Å²) in [4.78, 5) is 5.94. The number of rotatable bonds is 5. The van der Waals surface area contributed by atoms with Crippen molar-refractivity contribution in [2.24, 2.45) is 4.99 Å². The molecule has 10 heteroatoms. The van der Waals surface area contributed by atoms with Crippen LogP contribution in [-0.4, -0.2) is 75.8 Å². The minimum Gasteiger partial charge on any atom is -0.372 e. The van der Waals surface area contributed by atoms with Crippen LogP contribution in [0.25, 0.3) is 0 Å². The summed E-state index contributed by atoms with van der Waals surface area (Å²) in [5, 5.41) is 3.02. The van der Waals surface area contributed by atoms with Gasteiger partial charge in [-0.3, -0.25) is 4.99 Å². The van der Waals surface area contributed by atoms with Crippen LogP contribution in [0.3, 0.4) is 0 Å². The highest BCUT2D eigenvalue weighted by molar-refractivity contribution is 7.92. The molecule has 136 valence electrons. The van der Waals surface area contributed by atoms with E-state index >= 15 is 0 Å². The van der Waals surface area contributed by atoms with Crippen LogP contribution < -0.4 is 5.32 Å². The van der Waals surface area contributed by atoms with Gasteiger partial charge in [-0.15, -0.1) is 0 Å². The van der Waals surface area contributed by atoms with Gasteiger partial charge in [0, 0.05) is 33.3 Å². The summed E-state index contributed by atoms with van der Waals surface area (Å²) in [6.07, 6.45) is -3.92. The lowest BCUT2D eigenvalue weighted by Gasteiger charge is -2.39. The molecule has 0 spiro atoms. The third-order valence-corrected chi connectivity index (χ3v) is 6.10. The SMILES string of the molecule is CN=C(NCCCOCC(F)(F)F)N1CCS(=O)(=O)C(C)(C)C1. The number of guanidine groups is 1. The molecule has 0 radical (unpaired) electrons. The van der Waals surface area contributed by atoms with Gasteiger partial charge in [0.15, 0.2) is 15.8 Å². The van der Waals surface area contributed by atoms with E-state index in [2.05, 4.69) is 15.0 Å². The fraction of sp³-hybridized carbons (Fsp3) is 0.923. The van der Waals surface area contributed by atoms with Crippen LogP contribution in [0.4, 0.5) is 13.2 Å². The summed E-state index contributed by atoms with van der Waals surface area (Å²) in [7, 11) is -1.55. The Morgan fingerprint density at radius 3 is 2.57 bits per heavy atom. The molecule has 0 aromatic rings. The maximum atomic E-state index is 12.0. The van der Waals surface area contributed by atoms with Gasteiger partial charge < -0.3 is 15.0 Å². The molecule has 0 amide bonds. The molecule has 1 fully saturated rings. The zero-order chi connectivity index (χ0) is 17.7. The van der Waals surface area contributed by atoms with Gasteiger partial charge in [0.25, 0.3) is 0 Å². The Bertz CT molecular complexity index is 518. The first kappa shape index (κ1) is 20.0. The quantitative estimate of drug-likeness (QED) is 0.451. The normalized spacial score (nSPS) is 21.3. The summed E-state index contributed by atoms with van der Waals surface area (Å²) in [6, 6.07) is 0. The number of aliphatic imine (C=N–C) groups is 1. The molecule has 0 bridgehead atoms. The summed E-state index contributed by atoms with van der Waals surface area (Å²) in [6.45, 7) is 3.15. The van der Waals surface area contributed by atoms with Crippen LogP contribution in [0.5, 0.6) is 0 Å². The van der Waals surface area contributed by atoms with E-state index in [1.54, 1.807) is 20.9 Å². The van der Waals surface area contributed by atoms with Crippen molar-refractivity contribution in [2.45, 2.75) is 31.2 Å². The fourth-order valence-corrected chi connectivity index (χ4v) is 3.58. The molecule has 6 nitrogen and oxygen atoms in total. The van der Waals surface area contributed by atoms with Crippen molar-refractivity contribution in [2.75, 3.05) is 45.6 Å². The maximum Gasteiger partial charge on any atom is 0.411 e. The van der Waals surface area contributed by atoms with Gasteiger partial charge in [0.05, 0.1) is 10.5 Å². The first-order valence-electron chi connectivity index (χ1n) is 7.31. The molecule has 1 heterocycles. The van der Waals surface area contributed by atoms with E-state index in [4.69, 9.17) is 0 Å². The number of nitrogens with one attached hydrogen (secondary N) is 1. The Kier molecular flexibility index (Phi) is 6.70. The Balaban J connectivity index is 2.39. The molecule has 1 aliphatic heterocycles. The minimum atomic E-state index is -4.31. The largest absolute Gasteiger partial charge is 0.411 e. The predicted octanol–water partition coefficient (Wildman–Crippen LogP) is 1.04. The van der Waals surface area contributed by atoms with Crippen LogP contribution in [0.15, 0.2) is 4.99 Å². The molecule has 0 aromatic carbocycles. The van der Waals surface area contributed by atoms with Gasteiger partial charge in [-0.05, 0) is 20.3 Å². The zero-order valence-corrected chi connectivity index (χ0v) is 14.4. The zero-order valence-electron chi connectivity index (χ0n) is 13.6. The van der Waals surface area contributed by atoms with Crippen LogP contribution in [0.2, 0.25) is 0 Å². The second-order valence-electron chi connectivity index (χ2n) is 6.00. The lowest BCUT2D eigenvalue weighted by Crippen LogP contribution is -2.57. The molecular weight excluding hydrogens is 335 g/mol. The van der Waals surface area contributed by atoms with E-state index in [0.717, 1.165) is 0 Å². The van der Waals surface area contributed by atoms with Crippen molar-refractivity contribution < 1.29 is 26.3 Å². The fourth-order valence-electron chi connectivity index (χ4n) is 2.22. The van der Waals surface area contributed by atoms with Crippen molar-refractivity contribution in [1.29, 1.82) is 0 Å². The summed E-state index contributed by atoms with van der Waals surface area (Å²) in [5.41, 5.74) is 0. The van der Waals surface area contributed by atoms with E-state index in [9.17, 15) is 21.6 Å². The molecule has 1 N–H and O–H groups in total. The number of halogens is 3. The monoisotopic (exact) mass is 359 g/mol. The van der Waals surface area contributed by atoms with E-state index in [1.165, 1.54) is 0 Å². The van der Waals surface area contributed by atoms with Gasteiger partial charge in [-0.25, -0.2) is 8.42 Å². The highest BCUT2D eigenvalue weighted by Gasteiger charge is 2.40. The van der Waals surface area contributed by atoms with Crippen LogP contribution in [0, 0.1) is 0 Å². The van der Waals surface area contributed by atoms with E-state index in [-0.39, 0.29) is 12.4 Å². The molecule has 0 saturated carbocycles. The number of hydrogen-bond donors (Lipinski definition) is 1. The highest BCUT2D eigenvalue weighted by Crippen LogP contribution is 2.23. The molecule has 0 aliphatic carbocycles. The lowest BCUT2D eigenvalue weighted by atomic mass is 10.2. The highest BCUT2D eigenvalue weighted by atomic mass is 32.2. The van der Waals surface area contributed by atoms with Gasteiger partial charge >= 0.3 is 6.18 Å². The summed E-state index contributed by atoms with van der Waals surface area (Å²) >= 11 is 0. The Morgan fingerprint density at radius 1 is 1.39 bits per heavy atom. The molecule has 23 heavy (non-hydrogen) atoms. The second-order valence-corrected chi connectivity index (χ2v) is 8.74. The maximum absolute atomic E-state index is 12.0. The average molecular weight is 359 g/mol. The second kappa shape index (κ2) is 7.69. The van der Waals surface area contributed by atoms with Crippen LogP contribution >= 0.6 is 0 Å². The van der Waals surface area contributed by atoms with Crippen LogP contribution in [-0.2, 0) is 14.6 Å². The van der Waals surface area contributed by atoms with E-state index in [1.807, 2.05) is 4.90 Å². The first-order chi connectivity index (χ1) is 10.5. The Labute approximate surface area is 135 Å². The third kappa shape index (κ3) is 6.17. The summed E-state index contributed by atoms with van der Waals surface area (Å²) in [5.74, 6) is 0.596. The van der Waals surface area contributed by atoms with E-state index < -0.39 is 27.4 Å². The van der Waals surface area contributed by atoms with Crippen molar-refractivity contribution in [1.82, 2.24) is 10.2 Å². The van der Waals surface area contributed by atoms with Gasteiger partial charge in [-0.1, -0.05) is 0 Å². The molecular formula is C13H24F3N3O3S. The van der Waals surface area contributed by atoms with Gasteiger partial charge in [0.2, 0.25) is 0 Å². The van der Waals surface area contributed by atoms with Crippen LogP contribution in [0.1, 0.15) is 20.3 Å². The van der Waals surface area contributed by atoms with Gasteiger partial charge in [-0.2, -0.15) is 13.2 Å². The minimum absolute atomic E-state index is 0.0105. The molecule has 0 unspecified atom stereocenters.